The molecule has 1 saturated heterocycles. The number of amides is 1. The number of thioether (sulfide) groups is 1. The SMILES string of the molecule is CCCC(C(=O)O)N1C(=O)C(=Cc2c(F)cccc2Cl)SC1=S. The highest BCUT2D eigenvalue weighted by Crippen LogP contribution is 2.36. The second-order valence-corrected chi connectivity index (χ2v) is 6.91. The standard InChI is InChI=1S/C15H13ClFNO3S2/c1-2-4-11(14(20)21)18-13(19)12(23-15(18)22)7-8-9(16)5-3-6-10(8)17/h3,5-7,11H,2,4H2,1H3,(H,20,21). The van der Waals surface area contributed by atoms with Gasteiger partial charge in [0.05, 0.1) is 9.93 Å². The van der Waals surface area contributed by atoms with Gasteiger partial charge in [-0.3, -0.25) is 9.69 Å². The number of nitrogens with zero attached hydrogens (tertiary/aromatic N) is 1. The summed E-state index contributed by atoms with van der Waals surface area (Å²) in [6, 6.07) is 3.18. The number of hydrogen-bond acceptors (Lipinski definition) is 4. The summed E-state index contributed by atoms with van der Waals surface area (Å²) in [6.45, 7) is 1.82. The van der Waals surface area contributed by atoms with E-state index in [4.69, 9.17) is 23.8 Å². The Morgan fingerprint density at radius 3 is 2.83 bits per heavy atom. The van der Waals surface area contributed by atoms with Crippen LogP contribution in [0.3, 0.4) is 0 Å². The van der Waals surface area contributed by atoms with Crippen molar-refractivity contribution in [2.24, 2.45) is 0 Å². The lowest BCUT2D eigenvalue weighted by Gasteiger charge is -2.22. The fourth-order valence-electron chi connectivity index (χ4n) is 2.16. The van der Waals surface area contributed by atoms with E-state index in [-0.39, 0.29) is 26.2 Å². The maximum atomic E-state index is 13.8. The van der Waals surface area contributed by atoms with Gasteiger partial charge in [-0.1, -0.05) is 55.0 Å². The van der Waals surface area contributed by atoms with Gasteiger partial charge in [0.1, 0.15) is 16.2 Å². The maximum absolute atomic E-state index is 13.8. The molecule has 4 nitrogen and oxygen atoms in total. The molecule has 2 rings (SSSR count). The lowest BCUT2D eigenvalue weighted by Crippen LogP contribution is -2.43. The summed E-state index contributed by atoms with van der Waals surface area (Å²) in [5.74, 6) is -2.22. The largest absolute Gasteiger partial charge is 0.480 e. The first-order valence-electron chi connectivity index (χ1n) is 6.80. The van der Waals surface area contributed by atoms with Crippen molar-refractivity contribution in [2.75, 3.05) is 0 Å². The normalized spacial score (nSPS) is 17.9. The molecule has 1 heterocycles. The average Bonchev–Trinajstić information content (AvgIpc) is 2.75. The number of carbonyl (C=O) groups excluding carboxylic acids is 1. The third kappa shape index (κ3) is 3.73. The molecule has 1 fully saturated rings. The Kier molecular flexibility index (Phi) is 5.78. The van der Waals surface area contributed by atoms with E-state index in [0.29, 0.717) is 6.42 Å². The number of hydrogen-bond donors (Lipinski definition) is 1. The second-order valence-electron chi connectivity index (χ2n) is 4.83. The molecule has 1 aromatic rings. The average molecular weight is 374 g/mol. The van der Waals surface area contributed by atoms with Gasteiger partial charge in [0, 0.05) is 5.56 Å². The summed E-state index contributed by atoms with van der Waals surface area (Å²) in [6.07, 6.45) is 2.18. The number of carbonyl (C=O) groups is 2. The fraction of sp³-hybridized carbons (Fsp3) is 0.267. The van der Waals surface area contributed by atoms with E-state index in [2.05, 4.69) is 0 Å². The van der Waals surface area contributed by atoms with Crippen LogP contribution < -0.4 is 0 Å². The van der Waals surface area contributed by atoms with Crippen LogP contribution in [-0.2, 0) is 9.59 Å². The minimum atomic E-state index is -1.12. The lowest BCUT2D eigenvalue weighted by atomic mass is 10.1. The second kappa shape index (κ2) is 7.42. The van der Waals surface area contributed by atoms with Gasteiger partial charge in [0.15, 0.2) is 0 Å². The molecule has 23 heavy (non-hydrogen) atoms. The highest BCUT2D eigenvalue weighted by atomic mass is 35.5. The summed E-state index contributed by atoms with van der Waals surface area (Å²) in [5, 5.41) is 9.47. The molecule has 0 bridgehead atoms. The van der Waals surface area contributed by atoms with E-state index in [1.807, 2.05) is 6.92 Å². The van der Waals surface area contributed by atoms with Gasteiger partial charge in [0.25, 0.3) is 5.91 Å². The third-order valence-corrected chi connectivity index (χ3v) is 4.92. The smallest absolute Gasteiger partial charge is 0.326 e. The van der Waals surface area contributed by atoms with Gasteiger partial charge in [-0.2, -0.15) is 0 Å². The van der Waals surface area contributed by atoms with Gasteiger partial charge >= 0.3 is 5.97 Å². The number of thiocarbonyl (C=S) groups is 1. The van der Waals surface area contributed by atoms with Crippen LogP contribution in [0, 0.1) is 5.82 Å². The molecule has 0 aromatic heterocycles. The Morgan fingerprint density at radius 1 is 1.57 bits per heavy atom. The molecule has 0 saturated carbocycles. The summed E-state index contributed by atoms with van der Waals surface area (Å²) < 4.78 is 14.0. The highest BCUT2D eigenvalue weighted by molar-refractivity contribution is 8.26. The minimum Gasteiger partial charge on any atom is -0.480 e. The highest BCUT2D eigenvalue weighted by Gasteiger charge is 2.40. The molecule has 1 aliphatic rings. The first kappa shape index (κ1) is 17.9. The molecule has 1 unspecified atom stereocenters. The van der Waals surface area contributed by atoms with Crippen molar-refractivity contribution in [3.63, 3.8) is 0 Å². The van der Waals surface area contributed by atoms with E-state index in [9.17, 15) is 19.1 Å². The van der Waals surface area contributed by atoms with Gasteiger partial charge in [-0.15, -0.1) is 0 Å². The van der Waals surface area contributed by atoms with Crippen LogP contribution in [-0.4, -0.2) is 32.2 Å². The monoisotopic (exact) mass is 373 g/mol. The molecule has 1 aromatic carbocycles. The van der Waals surface area contributed by atoms with Gasteiger partial charge < -0.3 is 5.11 Å². The molecule has 0 spiro atoms. The summed E-state index contributed by atoms with van der Waals surface area (Å²) in [5.41, 5.74) is 0.0806. The first-order valence-corrected chi connectivity index (χ1v) is 8.41. The van der Waals surface area contributed by atoms with Crippen LogP contribution in [0.4, 0.5) is 4.39 Å². The van der Waals surface area contributed by atoms with E-state index >= 15 is 0 Å². The van der Waals surface area contributed by atoms with Crippen LogP contribution in [0.5, 0.6) is 0 Å². The van der Waals surface area contributed by atoms with Gasteiger partial charge in [0.2, 0.25) is 0 Å². The van der Waals surface area contributed by atoms with Crippen molar-refractivity contribution in [3.8, 4) is 0 Å². The predicted octanol–water partition coefficient (Wildman–Crippen LogP) is 3.93. The number of aliphatic carboxylic acids is 1. The topological polar surface area (TPSA) is 57.6 Å². The van der Waals surface area contributed by atoms with Crippen LogP contribution >= 0.6 is 35.6 Å². The molecule has 122 valence electrons. The van der Waals surface area contributed by atoms with Gasteiger partial charge in [-0.05, 0) is 24.6 Å². The van der Waals surface area contributed by atoms with Crippen molar-refractivity contribution in [2.45, 2.75) is 25.8 Å². The molecule has 0 radical (unpaired) electrons. The first-order chi connectivity index (χ1) is 10.9. The van der Waals surface area contributed by atoms with E-state index in [1.165, 1.54) is 24.3 Å². The van der Waals surface area contributed by atoms with Crippen LogP contribution in [0.15, 0.2) is 23.1 Å². The van der Waals surface area contributed by atoms with Crippen molar-refractivity contribution < 1.29 is 19.1 Å². The number of carboxylic acids is 1. The Hall–Kier alpha value is -1.44. The van der Waals surface area contributed by atoms with Crippen LogP contribution in [0.1, 0.15) is 25.3 Å². The number of benzene rings is 1. The third-order valence-electron chi connectivity index (χ3n) is 3.26. The van der Waals surface area contributed by atoms with E-state index in [0.717, 1.165) is 16.7 Å². The maximum Gasteiger partial charge on any atom is 0.326 e. The molecule has 1 aliphatic heterocycles. The lowest BCUT2D eigenvalue weighted by molar-refractivity contribution is -0.145. The molecule has 1 N–H and O–H groups in total. The number of halogens is 2. The predicted molar refractivity (Wildman–Crippen MR) is 92.8 cm³/mol. The summed E-state index contributed by atoms with van der Waals surface area (Å²) in [7, 11) is 0. The number of carboxylic acid groups (broad SMARTS) is 1. The molecule has 8 heteroatoms. The number of rotatable bonds is 5. The molecule has 1 amide bonds. The zero-order chi connectivity index (χ0) is 17.1. The molecule has 1 atom stereocenters. The Labute approximate surface area is 147 Å². The van der Waals surface area contributed by atoms with E-state index in [1.54, 1.807) is 0 Å². The van der Waals surface area contributed by atoms with Crippen molar-refractivity contribution >= 4 is 57.9 Å². The van der Waals surface area contributed by atoms with Crippen LogP contribution in [0.2, 0.25) is 5.02 Å². The molecular weight excluding hydrogens is 361 g/mol. The Morgan fingerprint density at radius 2 is 2.26 bits per heavy atom. The van der Waals surface area contributed by atoms with Crippen molar-refractivity contribution in [1.82, 2.24) is 4.90 Å². The minimum absolute atomic E-state index is 0.0806. The molecular formula is C15H13ClFNO3S2. The van der Waals surface area contributed by atoms with Crippen molar-refractivity contribution in [1.29, 1.82) is 0 Å². The van der Waals surface area contributed by atoms with Gasteiger partial charge in [-0.25, -0.2) is 9.18 Å². The van der Waals surface area contributed by atoms with E-state index < -0.39 is 23.7 Å². The Bertz CT molecular complexity index is 688. The quantitative estimate of drug-likeness (QED) is 0.626. The zero-order valence-corrected chi connectivity index (χ0v) is 14.5. The fourth-order valence-corrected chi connectivity index (χ4v) is 3.72. The Balaban J connectivity index is 2.38. The zero-order valence-electron chi connectivity index (χ0n) is 12.1. The molecule has 0 aliphatic carbocycles. The van der Waals surface area contributed by atoms with Crippen LogP contribution in [0.25, 0.3) is 6.08 Å². The van der Waals surface area contributed by atoms with Crippen molar-refractivity contribution in [3.05, 3.63) is 39.5 Å². The summed E-state index contributed by atoms with van der Waals surface area (Å²) in [4.78, 5) is 25.1. The summed E-state index contributed by atoms with van der Waals surface area (Å²) >= 11 is 12.0.